The maximum atomic E-state index is 5.44. The SMILES string of the molecule is CCOc1ccc(NC(=S)NCc2ccc(N3CCCCC3)cc2)cc1. The zero-order valence-electron chi connectivity index (χ0n) is 15.3. The van der Waals surface area contributed by atoms with Crippen molar-refractivity contribution < 1.29 is 4.74 Å². The van der Waals surface area contributed by atoms with E-state index in [1.807, 2.05) is 31.2 Å². The van der Waals surface area contributed by atoms with Crippen LogP contribution in [0.25, 0.3) is 0 Å². The molecule has 3 rings (SSSR count). The molecule has 0 unspecified atom stereocenters. The molecule has 1 aliphatic rings. The molecular formula is C21H27N3OS. The van der Waals surface area contributed by atoms with Crippen molar-refractivity contribution in [1.82, 2.24) is 5.32 Å². The predicted octanol–water partition coefficient (Wildman–Crippen LogP) is 4.56. The average Bonchev–Trinajstić information content (AvgIpc) is 2.69. The third-order valence-corrected chi connectivity index (χ3v) is 4.78. The van der Waals surface area contributed by atoms with Gasteiger partial charge in [0.2, 0.25) is 0 Å². The average molecular weight is 370 g/mol. The van der Waals surface area contributed by atoms with E-state index < -0.39 is 0 Å². The van der Waals surface area contributed by atoms with Gasteiger partial charge in [0.15, 0.2) is 5.11 Å². The normalized spacial score (nSPS) is 14.0. The van der Waals surface area contributed by atoms with Crippen molar-refractivity contribution in [3.8, 4) is 5.75 Å². The van der Waals surface area contributed by atoms with Crippen LogP contribution < -0.4 is 20.3 Å². The number of anilines is 2. The van der Waals surface area contributed by atoms with Crippen LogP contribution in [0, 0.1) is 0 Å². The molecule has 26 heavy (non-hydrogen) atoms. The fourth-order valence-corrected chi connectivity index (χ4v) is 3.33. The summed E-state index contributed by atoms with van der Waals surface area (Å²) in [7, 11) is 0. The highest BCUT2D eigenvalue weighted by Gasteiger charge is 2.10. The molecule has 0 bridgehead atoms. The van der Waals surface area contributed by atoms with Crippen molar-refractivity contribution in [2.75, 3.05) is 29.9 Å². The Labute approximate surface area is 161 Å². The maximum absolute atomic E-state index is 5.44. The number of hydrogen-bond donors (Lipinski definition) is 2. The molecule has 0 spiro atoms. The van der Waals surface area contributed by atoms with Crippen molar-refractivity contribution in [2.24, 2.45) is 0 Å². The number of hydrogen-bond acceptors (Lipinski definition) is 3. The summed E-state index contributed by atoms with van der Waals surface area (Å²) in [6.45, 7) is 5.71. The Kier molecular flexibility index (Phi) is 6.72. The minimum absolute atomic E-state index is 0.620. The molecule has 1 heterocycles. The van der Waals surface area contributed by atoms with Gasteiger partial charge in [-0.15, -0.1) is 0 Å². The molecule has 0 radical (unpaired) electrons. The lowest BCUT2D eigenvalue weighted by molar-refractivity contribution is 0.340. The Hall–Kier alpha value is -2.27. The number of piperidine rings is 1. The summed E-state index contributed by atoms with van der Waals surface area (Å²) < 4.78 is 5.44. The zero-order chi connectivity index (χ0) is 18.2. The summed E-state index contributed by atoms with van der Waals surface area (Å²) in [6.07, 6.45) is 3.96. The number of nitrogens with zero attached hydrogens (tertiary/aromatic N) is 1. The first kappa shape index (κ1) is 18.5. The van der Waals surface area contributed by atoms with Crippen LogP contribution in [0.4, 0.5) is 11.4 Å². The van der Waals surface area contributed by atoms with Gasteiger partial charge in [-0.3, -0.25) is 0 Å². The van der Waals surface area contributed by atoms with Crippen molar-refractivity contribution in [3.05, 3.63) is 54.1 Å². The molecule has 1 fully saturated rings. The second kappa shape index (κ2) is 9.43. The highest BCUT2D eigenvalue weighted by Crippen LogP contribution is 2.20. The van der Waals surface area contributed by atoms with Gasteiger partial charge in [-0.2, -0.15) is 0 Å². The van der Waals surface area contributed by atoms with E-state index in [0.717, 1.165) is 11.4 Å². The van der Waals surface area contributed by atoms with Gasteiger partial charge in [0.25, 0.3) is 0 Å². The summed E-state index contributed by atoms with van der Waals surface area (Å²) in [5, 5.41) is 7.08. The van der Waals surface area contributed by atoms with Crippen LogP contribution >= 0.6 is 12.2 Å². The molecule has 0 aromatic heterocycles. The Morgan fingerprint density at radius 1 is 1.00 bits per heavy atom. The van der Waals surface area contributed by atoms with Crippen molar-refractivity contribution in [2.45, 2.75) is 32.7 Å². The predicted molar refractivity (Wildman–Crippen MR) is 113 cm³/mol. The third kappa shape index (κ3) is 5.36. The van der Waals surface area contributed by atoms with Gasteiger partial charge in [0.1, 0.15) is 5.75 Å². The van der Waals surface area contributed by atoms with E-state index in [4.69, 9.17) is 17.0 Å². The van der Waals surface area contributed by atoms with Gasteiger partial charge in [-0.25, -0.2) is 0 Å². The Morgan fingerprint density at radius 2 is 1.69 bits per heavy atom. The fourth-order valence-electron chi connectivity index (χ4n) is 3.14. The van der Waals surface area contributed by atoms with Gasteiger partial charge in [-0.1, -0.05) is 12.1 Å². The van der Waals surface area contributed by atoms with Crippen LogP contribution in [0.1, 0.15) is 31.7 Å². The number of nitrogens with one attached hydrogen (secondary N) is 2. The molecule has 0 amide bonds. The van der Waals surface area contributed by atoms with Gasteiger partial charge < -0.3 is 20.3 Å². The summed E-state index contributed by atoms with van der Waals surface area (Å²) in [5.74, 6) is 0.866. The molecule has 5 heteroatoms. The molecule has 2 aromatic rings. The van der Waals surface area contributed by atoms with E-state index in [-0.39, 0.29) is 0 Å². The van der Waals surface area contributed by atoms with Crippen molar-refractivity contribution in [3.63, 3.8) is 0 Å². The molecule has 2 N–H and O–H groups in total. The highest BCUT2D eigenvalue weighted by atomic mass is 32.1. The first-order valence-corrected chi connectivity index (χ1v) is 9.77. The van der Waals surface area contributed by atoms with Crippen LogP contribution in [0.15, 0.2) is 48.5 Å². The lowest BCUT2D eigenvalue weighted by Crippen LogP contribution is -2.29. The van der Waals surface area contributed by atoms with E-state index >= 15 is 0 Å². The van der Waals surface area contributed by atoms with E-state index in [9.17, 15) is 0 Å². The lowest BCUT2D eigenvalue weighted by atomic mass is 10.1. The minimum Gasteiger partial charge on any atom is -0.494 e. The lowest BCUT2D eigenvalue weighted by Gasteiger charge is -2.28. The molecule has 138 valence electrons. The van der Waals surface area contributed by atoms with E-state index in [2.05, 4.69) is 39.8 Å². The number of rotatable bonds is 6. The Morgan fingerprint density at radius 3 is 2.35 bits per heavy atom. The van der Waals surface area contributed by atoms with Crippen molar-refractivity contribution >= 4 is 28.7 Å². The molecule has 0 aliphatic carbocycles. The number of ether oxygens (including phenoxy) is 1. The fraction of sp³-hybridized carbons (Fsp3) is 0.381. The number of thiocarbonyl (C=S) groups is 1. The highest BCUT2D eigenvalue weighted by molar-refractivity contribution is 7.80. The van der Waals surface area contributed by atoms with Gasteiger partial charge in [0, 0.05) is 31.0 Å². The molecular weight excluding hydrogens is 342 g/mol. The van der Waals surface area contributed by atoms with Crippen LogP contribution in [-0.2, 0) is 6.54 Å². The van der Waals surface area contributed by atoms with Crippen LogP contribution in [-0.4, -0.2) is 24.8 Å². The quantitative estimate of drug-likeness (QED) is 0.730. The molecule has 0 saturated carbocycles. The van der Waals surface area contributed by atoms with E-state index in [0.29, 0.717) is 18.3 Å². The minimum atomic E-state index is 0.620. The standard InChI is InChI=1S/C21H27N3OS/c1-2-25-20-12-8-18(9-13-20)23-21(26)22-16-17-6-10-19(11-7-17)24-14-4-3-5-15-24/h6-13H,2-5,14-16H2,1H3,(H2,22,23,26). The summed E-state index contributed by atoms with van der Waals surface area (Å²) in [4.78, 5) is 2.47. The van der Waals surface area contributed by atoms with Crippen LogP contribution in [0.5, 0.6) is 5.75 Å². The zero-order valence-corrected chi connectivity index (χ0v) is 16.1. The topological polar surface area (TPSA) is 36.5 Å². The van der Waals surface area contributed by atoms with E-state index in [1.165, 1.54) is 43.6 Å². The molecule has 1 saturated heterocycles. The third-order valence-electron chi connectivity index (χ3n) is 4.53. The van der Waals surface area contributed by atoms with Gasteiger partial charge >= 0.3 is 0 Å². The van der Waals surface area contributed by atoms with Crippen LogP contribution in [0.3, 0.4) is 0 Å². The monoisotopic (exact) mass is 369 g/mol. The number of benzene rings is 2. The molecule has 4 nitrogen and oxygen atoms in total. The molecule has 0 atom stereocenters. The first-order valence-electron chi connectivity index (χ1n) is 9.36. The van der Waals surface area contributed by atoms with Crippen molar-refractivity contribution in [1.29, 1.82) is 0 Å². The Balaban J connectivity index is 1.46. The van der Waals surface area contributed by atoms with Gasteiger partial charge in [-0.05, 0) is 80.4 Å². The van der Waals surface area contributed by atoms with E-state index in [1.54, 1.807) is 0 Å². The second-order valence-electron chi connectivity index (χ2n) is 6.48. The Bertz CT molecular complexity index is 694. The first-order chi connectivity index (χ1) is 12.7. The molecule has 1 aliphatic heterocycles. The second-order valence-corrected chi connectivity index (χ2v) is 6.89. The van der Waals surface area contributed by atoms with Gasteiger partial charge in [0.05, 0.1) is 6.61 Å². The summed E-state index contributed by atoms with van der Waals surface area (Å²) in [6, 6.07) is 16.6. The van der Waals surface area contributed by atoms with Crippen LogP contribution in [0.2, 0.25) is 0 Å². The summed E-state index contributed by atoms with van der Waals surface area (Å²) in [5.41, 5.74) is 3.50. The largest absolute Gasteiger partial charge is 0.494 e. The molecule has 2 aromatic carbocycles. The summed E-state index contributed by atoms with van der Waals surface area (Å²) >= 11 is 5.39. The maximum Gasteiger partial charge on any atom is 0.171 e. The smallest absolute Gasteiger partial charge is 0.171 e.